The highest BCUT2D eigenvalue weighted by atomic mass is 16.1. The van der Waals surface area contributed by atoms with Crippen LogP contribution in [0.15, 0.2) is 60.9 Å². The summed E-state index contributed by atoms with van der Waals surface area (Å²) in [6, 6.07) is 16.2. The molecule has 3 heterocycles. The third-order valence-electron chi connectivity index (χ3n) is 5.23. The van der Waals surface area contributed by atoms with E-state index < -0.39 is 0 Å². The zero-order valence-corrected chi connectivity index (χ0v) is 14.5. The summed E-state index contributed by atoms with van der Waals surface area (Å²) in [4.78, 5) is 22.3. The van der Waals surface area contributed by atoms with Crippen molar-refractivity contribution in [3.63, 3.8) is 0 Å². The van der Waals surface area contributed by atoms with E-state index in [0.717, 1.165) is 40.7 Å². The molecule has 0 radical (unpaired) electrons. The summed E-state index contributed by atoms with van der Waals surface area (Å²) >= 11 is 0. The van der Waals surface area contributed by atoms with Gasteiger partial charge >= 0.3 is 0 Å². The molecule has 1 aliphatic rings. The van der Waals surface area contributed by atoms with Crippen LogP contribution in [0.4, 0.5) is 0 Å². The van der Waals surface area contributed by atoms with Crippen molar-refractivity contribution in [1.29, 1.82) is 0 Å². The molecule has 0 saturated carbocycles. The molecular weight excluding hydrogens is 322 g/mol. The number of para-hydroxylation sites is 2. The molecule has 4 heteroatoms. The first-order valence-corrected chi connectivity index (χ1v) is 8.85. The highest BCUT2D eigenvalue weighted by Crippen LogP contribution is 2.33. The van der Waals surface area contributed by atoms with Crippen molar-refractivity contribution in [3.05, 3.63) is 77.7 Å². The van der Waals surface area contributed by atoms with Gasteiger partial charge in [0.25, 0.3) is 0 Å². The minimum atomic E-state index is 0.0454. The Balaban J connectivity index is 1.71. The van der Waals surface area contributed by atoms with Gasteiger partial charge in [-0.05, 0) is 24.1 Å². The third kappa shape index (κ3) is 2.19. The van der Waals surface area contributed by atoms with E-state index in [1.807, 2.05) is 49.8 Å². The number of aromatic amines is 2. The first kappa shape index (κ1) is 15.0. The van der Waals surface area contributed by atoms with E-state index in [-0.39, 0.29) is 5.78 Å². The lowest BCUT2D eigenvalue weighted by Gasteiger charge is -2.12. The molecule has 0 saturated heterocycles. The Morgan fingerprint density at radius 2 is 1.73 bits per heavy atom. The molecular formula is C22H19N3O. The number of Topliss-reactive ketones (excluding diaryl/α,β-unsaturated/α-hetero) is 1. The van der Waals surface area contributed by atoms with Gasteiger partial charge in [0, 0.05) is 53.4 Å². The summed E-state index contributed by atoms with van der Waals surface area (Å²) in [5, 5.41) is 2.17. The van der Waals surface area contributed by atoms with Crippen LogP contribution < -0.4 is 0 Å². The number of carbonyl (C=O) groups excluding carboxylic acids is 1. The Bertz CT molecular complexity index is 1180. The summed E-state index contributed by atoms with van der Waals surface area (Å²) < 4.78 is 0. The number of allylic oxidation sites excluding steroid dienone is 1. The maximum absolute atomic E-state index is 13.5. The predicted octanol–water partition coefficient (Wildman–Crippen LogP) is 4.36. The van der Waals surface area contributed by atoms with Gasteiger partial charge in [-0.1, -0.05) is 36.4 Å². The van der Waals surface area contributed by atoms with Gasteiger partial charge in [0.15, 0.2) is 5.78 Å². The van der Waals surface area contributed by atoms with Gasteiger partial charge in [0.2, 0.25) is 0 Å². The number of H-pyrrole nitrogens is 2. The van der Waals surface area contributed by atoms with Crippen molar-refractivity contribution in [2.45, 2.75) is 6.42 Å². The molecule has 2 N–H and O–H groups in total. The van der Waals surface area contributed by atoms with Crippen molar-refractivity contribution in [3.8, 4) is 0 Å². The second-order valence-electron chi connectivity index (χ2n) is 6.87. The van der Waals surface area contributed by atoms with Gasteiger partial charge in [0.1, 0.15) is 0 Å². The monoisotopic (exact) mass is 341 g/mol. The van der Waals surface area contributed by atoms with Gasteiger partial charge in [-0.25, -0.2) is 0 Å². The van der Waals surface area contributed by atoms with E-state index in [0.29, 0.717) is 5.56 Å². The Morgan fingerprint density at radius 3 is 2.58 bits per heavy atom. The van der Waals surface area contributed by atoms with Crippen molar-refractivity contribution < 1.29 is 4.79 Å². The summed E-state index contributed by atoms with van der Waals surface area (Å²) in [5.41, 5.74) is 5.68. The Labute approximate surface area is 151 Å². The topological polar surface area (TPSA) is 51.9 Å². The number of rotatable bonds is 2. The molecule has 0 aliphatic carbocycles. The molecule has 5 rings (SSSR count). The minimum Gasteiger partial charge on any atom is -0.379 e. The summed E-state index contributed by atoms with van der Waals surface area (Å²) in [6.07, 6.45) is 4.71. The fourth-order valence-electron chi connectivity index (χ4n) is 3.90. The molecule has 0 amide bonds. The van der Waals surface area contributed by atoms with Crippen LogP contribution >= 0.6 is 0 Å². The van der Waals surface area contributed by atoms with Crippen LogP contribution in [-0.4, -0.2) is 34.2 Å². The number of hydrogen-bond donors (Lipinski definition) is 2. The van der Waals surface area contributed by atoms with Crippen molar-refractivity contribution in [2.75, 3.05) is 13.6 Å². The van der Waals surface area contributed by atoms with Gasteiger partial charge in [-0.3, -0.25) is 4.79 Å². The average Bonchev–Trinajstić information content (AvgIpc) is 3.21. The van der Waals surface area contributed by atoms with E-state index in [4.69, 9.17) is 0 Å². The number of nitrogens with zero attached hydrogens (tertiary/aromatic N) is 1. The van der Waals surface area contributed by atoms with E-state index in [1.54, 1.807) is 0 Å². The third-order valence-corrected chi connectivity index (χ3v) is 5.23. The first-order chi connectivity index (χ1) is 12.7. The number of carbonyl (C=O) groups is 1. The zero-order chi connectivity index (χ0) is 17.7. The standard InChI is InChI=1S/C22H19N3O/c1-25-11-10-16-14-6-3-5-9-20(14)24-21(16)18(13-25)22(26)17-12-23-19-8-4-2-7-15(17)19/h2-9,12-13,23-24H,10-11H2,1H3. The molecule has 0 atom stereocenters. The maximum atomic E-state index is 13.5. The van der Waals surface area contributed by atoms with Crippen LogP contribution in [0.1, 0.15) is 21.6 Å². The highest BCUT2D eigenvalue weighted by Gasteiger charge is 2.25. The average molecular weight is 341 g/mol. The fraction of sp³-hybridized carbons (Fsp3) is 0.136. The normalized spacial score (nSPS) is 14.3. The van der Waals surface area contributed by atoms with Crippen molar-refractivity contribution >= 4 is 33.2 Å². The SMILES string of the molecule is CN1C=C(C(=O)c2c[nH]c3ccccc23)c2[nH]c3ccccc3c2CC1. The summed E-state index contributed by atoms with van der Waals surface area (Å²) in [6.45, 7) is 0.888. The van der Waals surface area contributed by atoms with E-state index in [2.05, 4.69) is 33.1 Å². The first-order valence-electron chi connectivity index (χ1n) is 8.85. The van der Waals surface area contributed by atoms with Crippen LogP contribution in [0.5, 0.6) is 0 Å². The molecule has 128 valence electrons. The van der Waals surface area contributed by atoms with Crippen LogP contribution in [0.25, 0.3) is 27.4 Å². The van der Waals surface area contributed by atoms with E-state index >= 15 is 0 Å². The molecule has 2 aromatic carbocycles. The van der Waals surface area contributed by atoms with E-state index in [1.165, 1.54) is 10.9 Å². The van der Waals surface area contributed by atoms with Gasteiger partial charge < -0.3 is 14.9 Å². The minimum absolute atomic E-state index is 0.0454. The lowest BCUT2D eigenvalue weighted by atomic mass is 9.97. The molecule has 4 aromatic rings. The number of fused-ring (bicyclic) bond motifs is 4. The Hall–Kier alpha value is -3.27. The summed E-state index contributed by atoms with van der Waals surface area (Å²) in [5.74, 6) is 0.0454. The molecule has 0 fully saturated rings. The maximum Gasteiger partial charge on any atom is 0.198 e. The Kier molecular flexibility index (Phi) is 3.25. The van der Waals surface area contributed by atoms with E-state index in [9.17, 15) is 4.79 Å². The molecule has 4 nitrogen and oxygen atoms in total. The molecule has 0 bridgehead atoms. The zero-order valence-electron chi connectivity index (χ0n) is 14.5. The molecule has 0 unspecified atom stereocenters. The largest absolute Gasteiger partial charge is 0.379 e. The van der Waals surface area contributed by atoms with Crippen molar-refractivity contribution in [2.24, 2.45) is 0 Å². The highest BCUT2D eigenvalue weighted by molar-refractivity contribution is 6.32. The second kappa shape index (κ2) is 5.63. The molecule has 26 heavy (non-hydrogen) atoms. The quantitative estimate of drug-likeness (QED) is 0.532. The van der Waals surface area contributed by atoms with Crippen LogP contribution in [0.3, 0.4) is 0 Å². The van der Waals surface area contributed by atoms with Gasteiger partial charge in [0.05, 0.1) is 11.3 Å². The molecule has 0 spiro atoms. The van der Waals surface area contributed by atoms with Crippen LogP contribution in [0.2, 0.25) is 0 Å². The lowest BCUT2D eigenvalue weighted by Crippen LogP contribution is -2.14. The van der Waals surface area contributed by atoms with Crippen molar-refractivity contribution in [1.82, 2.24) is 14.9 Å². The number of ketones is 1. The number of likely N-dealkylation sites (N-methyl/N-ethyl adjacent to an activating group) is 1. The van der Waals surface area contributed by atoms with Gasteiger partial charge in [-0.2, -0.15) is 0 Å². The fourth-order valence-corrected chi connectivity index (χ4v) is 3.90. The number of hydrogen-bond acceptors (Lipinski definition) is 2. The smallest absolute Gasteiger partial charge is 0.198 e. The second-order valence-corrected chi connectivity index (χ2v) is 6.87. The number of nitrogens with one attached hydrogen (secondary N) is 2. The lowest BCUT2D eigenvalue weighted by molar-refractivity contribution is 0.105. The number of aromatic nitrogens is 2. The molecule has 1 aliphatic heterocycles. The predicted molar refractivity (Wildman–Crippen MR) is 105 cm³/mol. The summed E-state index contributed by atoms with van der Waals surface area (Å²) in [7, 11) is 2.02. The van der Waals surface area contributed by atoms with Crippen LogP contribution in [0, 0.1) is 0 Å². The molecule has 2 aromatic heterocycles. The van der Waals surface area contributed by atoms with Gasteiger partial charge in [-0.15, -0.1) is 0 Å². The number of benzene rings is 2. The Morgan fingerprint density at radius 1 is 1.00 bits per heavy atom. The van der Waals surface area contributed by atoms with Crippen LogP contribution in [-0.2, 0) is 6.42 Å².